The quantitative estimate of drug-likeness (QED) is 0.447. The monoisotopic (exact) mass is 369 g/mol. The first-order valence-corrected chi connectivity index (χ1v) is 9.37. The molecule has 25 heavy (non-hydrogen) atoms. The first-order chi connectivity index (χ1) is 12.3. The van der Waals surface area contributed by atoms with E-state index in [1.54, 1.807) is 35.2 Å². The maximum atomic E-state index is 13.0. The molecule has 124 valence electrons. The van der Waals surface area contributed by atoms with Crippen LogP contribution < -0.4 is 0 Å². The molecule has 0 spiro atoms. The molecule has 0 fully saturated rings. The number of thiazole rings is 1. The van der Waals surface area contributed by atoms with Gasteiger partial charge in [-0.25, -0.2) is 9.37 Å². The van der Waals surface area contributed by atoms with Crippen LogP contribution in [0.5, 0.6) is 0 Å². The van der Waals surface area contributed by atoms with Gasteiger partial charge in [0.1, 0.15) is 5.82 Å². The minimum atomic E-state index is -0.291. The van der Waals surface area contributed by atoms with Crippen LogP contribution in [0.1, 0.15) is 5.89 Å². The first kappa shape index (κ1) is 16.0. The number of aromatic nitrogens is 3. The van der Waals surface area contributed by atoms with Gasteiger partial charge in [0, 0.05) is 16.5 Å². The van der Waals surface area contributed by atoms with Crippen LogP contribution in [0.3, 0.4) is 0 Å². The highest BCUT2D eigenvalue weighted by molar-refractivity contribution is 8.00. The smallest absolute Gasteiger partial charge is 0.237 e. The second-order valence-electron chi connectivity index (χ2n) is 5.17. The number of nitrogens with zero attached hydrogens (tertiary/aromatic N) is 3. The number of halogens is 1. The molecule has 0 aliphatic heterocycles. The van der Waals surface area contributed by atoms with Gasteiger partial charge in [-0.15, -0.1) is 11.3 Å². The highest BCUT2D eigenvalue weighted by Gasteiger charge is 2.11. The molecule has 0 aliphatic carbocycles. The Morgan fingerprint density at radius 1 is 0.960 bits per heavy atom. The van der Waals surface area contributed by atoms with Gasteiger partial charge in [-0.3, -0.25) is 0 Å². The van der Waals surface area contributed by atoms with E-state index in [0.29, 0.717) is 17.5 Å². The SMILES string of the molecule is Fc1ccc(-c2noc(CSc3nc(-c4ccccc4)cs3)n2)cc1. The molecule has 4 rings (SSSR count). The molecule has 0 saturated carbocycles. The summed E-state index contributed by atoms with van der Waals surface area (Å²) in [5.41, 5.74) is 2.79. The van der Waals surface area contributed by atoms with E-state index in [1.807, 2.05) is 35.7 Å². The van der Waals surface area contributed by atoms with E-state index in [0.717, 1.165) is 21.2 Å². The zero-order valence-corrected chi connectivity index (χ0v) is 14.6. The molecule has 0 radical (unpaired) electrons. The lowest BCUT2D eigenvalue weighted by Crippen LogP contribution is -1.83. The van der Waals surface area contributed by atoms with Crippen LogP contribution in [0, 0.1) is 5.82 Å². The van der Waals surface area contributed by atoms with Crippen molar-refractivity contribution in [2.45, 2.75) is 10.1 Å². The molecule has 0 aliphatic rings. The largest absolute Gasteiger partial charge is 0.338 e. The van der Waals surface area contributed by atoms with Crippen molar-refractivity contribution in [2.24, 2.45) is 0 Å². The predicted octanol–water partition coefficient (Wildman–Crippen LogP) is 5.29. The fourth-order valence-corrected chi connectivity index (χ4v) is 3.89. The summed E-state index contributed by atoms with van der Waals surface area (Å²) in [6.45, 7) is 0. The molecule has 4 aromatic rings. The Morgan fingerprint density at radius 2 is 1.76 bits per heavy atom. The standard InChI is InChI=1S/C18H12FN3OS2/c19-14-8-6-13(7-9-14)17-21-16(23-22-17)11-25-18-20-15(10-24-18)12-4-2-1-3-5-12/h1-10H,11H2. The molecular weight excluding hydrogens is 357 g/mol. The summed E-state index contributed by atoms with van der Waals surface area (Å²) in [5, 5.41) is 5.98. The molecule has 2 aromatic carbocycles. The summed E-state index contributed by atoms with van der Waals surface area (Å²) >= 11 is 3.14. The zero-order chi connectivity index (χ0) is 17.1. The summed E-state index contributed by atoms with van der Waals surface area (Å²) in [6.07, 6.45) is 0. The topological polar surface area (TPSA) is 51.8 Å². The van der Waals surface area contributed by atoms with Crippen molar-refractivity contribution in [3.63, 3.8) is 0 Å². The third-order valence-corrected chi connectivity index (χ3v) is 5.45. The average molecular weight is 369 g/mol. The Labute approximate surface area is 151 Å². The summed E-state index contributed by atoms with van der Waals surface area (Å²) in [4.78, 5) is 8.97. The van der Waals surface area contributed by atoms with Crippen LogP contribution in [0.15, 0.2) is 68.8 Å². The Hall–Kier alpha value is -2.51. The summed E-state index contributed by atoms with van der Waals surface area (Å²) in [7, 11) is 0. The van der Waals surface area contributed by atoms with Crippen LogP contribution in [0.4, 0.5) is 4.39 Å². The third kappa shape index (κ3) is 3.78. The first-order valence-electron chi connectivity index (χ1n) is 7.50. The van der Waals surface area contributed by atoms with Crippen molar-refractivity contribution in [3.8, 4) is 22.6 Å². The normalized spacial score (nSPS) is 10.9. The Bertz CT molecular complexity index is 967. The lowest BCUT2D eigenvalue weighted by molar-refractivity contribution is 0.391. The maximum Gasteiger partial charge on any atom is 0.237 e. The van der Waals surface area contributed by atoms with Crippen molar-refractivity contribution >= 4 is 23.1 Å². The van der Waals surface area contributed by atoms with Crippen LogP contribution in [0.25, 0.3) is 22.6 Å². The molecule has 0 N–H and O–H groups in total. The van der Waals surface area contributed by atoms with E-state index in [-0.39, 0.29) is 5.82 Å². The van der Waals surface area contributed by atoms with Crippen molar-refractivity contribution in [1.82, 2.24) is 15.1 Å². The van der Waals surface area contributed by atoms with Gasteiger partial charge in [0.05, 0.1) is 11.4 Å². The van der Waals surface area contributed by atoms with Gasteiger partial charge in [-0.1, -0.05) is 47.3 Å². The van der Waals surface area contributed by atoms with Crippen LogP contribution in [0.2, 0.25) is 0 Å². The summed E-state index contributed by atoms with van der Waals surface area (Å²) in [6, 6.07) is 16.1. The van der Waals surface area contributed by atoms with Gasteiger partial charge in [0.25, 0.3) is 0 Å². The average Bonchev–Trinajstić information content (AvgIpc) is 3.31. The molecular formula is C18H12FN3OS2. The molecule has 0 amide bonds. The van der Waals surface area contributed by atoms with Gasteiger partial charge in [0.2, 0.25) is 11.7 Å². The van der Waals surface area contributed by atoms with Gasteiger partial charge in [-0.05, 0) is 24.3 Å². The van der Waals surface area contributed by atoms with Gasteiger partial charge in [0.15, 0.2) is 4.34 Å². The van der Waals surface area contributed by atoms with Crippen LogP contribution in [-0.4, -0.2) is 15.1 Å². The molecule has 0 bridgehead atoms. The van der Waals surface area contributed by atoms with E-state index in [4.69, 9.17) is 4.52 Å². The van der Waals surface area contributed by atoms with Gasteiger partial charge < -0.3 is 4.52 Å². The highest BCUT2D eigenvalue weighted by Crippen LogP contribution is 2.30. The number of hydrogen-bond donors (Lipinski definition) is 0. The zero-order valence-electron chi connectivity index (χ0n) is 12.9. The maximum absolute atomic E-state index is 13.0. The second-order valence-corrected chi connectivity index (χ2v) is 7.25. The second kappa shape index (κ2) is 7.16. The molecule has 2 aromatic heterocycles. The molecule has 0 atom stereocenters. The van der Waals surface area contributed by atoms with E-state index in [2.05, 4.69) is 15.1 Å². The lowest BCUT2D eigenvalue weighted by atomic mass is 10.2. The molecule has 0 unspecified atom stereocenters. The van der Waals surface area contributed by atoms with E-state index < -0.39 is 0 Å². The highest BCUT2D eigenvalue weighted by atomic mass is 32.2. The molecule has 7 heteroatoms. The molecule has 4 nitrogen and oxygen atoms in total. The predicted molar refractivity (Wildman–Crippen MR) is 96.8 cm³/mol. The van der Waals surface area contributed by atoms with E-state index in [1.165, 1.54) is 12.1 Å². The number of thioether (sulfide) groups is 1. The number of rotatable bonds is 5. The van der Waals surface area contributed by atoms with Gasteiger partial charge >= 0.3 is 0 Å². The summed E-state index contributed by atoms with van der Waals surface area (Å²) < 4.78 is 19.2. The van der Waals surface area contributed by atoms with Crippen LogP contribution >= 0.6 is 23.1 Å². The van der Waals surface area contributed by atoms with Crippen molar-refractivity contribution in [2.75, 3.05) is 0 Å². The minimum absolute atomic E-state index is 0.291. The lowest BCUT2D eigenvalue weighted by Gasteiger charge is -1.94. The molecule has 2 heterocycles. The van der Waals surface area contributed by atoms with Gasteiger partial charge in [-0.2, -0.15) is 4.98 Å². The van der Waals surface area contributed by atoms with E-state index in [9.17, 15) is 4.39 Å². The van der Waals surface area contributed by atoms with Crippen molar-refractivity contribution < 1.29 is 8.91 Å². The summed E-state index contributed by atoms with van der Waals surface area (Å²) in [5.74, 6) is 1.22. The molecule has 0 saturated heterocycles. The fraction of sp³-hybridized carbons (Fsp3) is 0.0556. The van der Waals surface area contributed by atoms with Crippen molar-refractivity contribution in [3.05, 3.63) is 71.7 Å². The van der Waals surface area contributed by atoms with Crippen LogP contribution in [-0.2, 0) is 5.75 Å². The van der Waals surface area contributed by atoms with E-state index >= 15 is 0 Å². The number of benzene rings is 2. The number of hydrogen-bond acceptors (Lipinski definition) is 6. The minimum Gasteiger partial charge on any atom is -0.338 e. The third-order valence-electron chi connectivity index (χ3n) is 3.44. The van der Waals surface area contributed by atoms with Crippen molar-refractivity contribution in [1.29, 1.82) is 0 Å². The Kier molecular flexibility index (Phi) is 4.58. The Morgan fingerprint density at radius 3 is 2.56 bits per heavy atom. The Balaban J connectivity index is 1.42. The fourth-order valence-electron chi connectivity index (χ4n) is 2.22.